The topological polar surface area (TPSA) is 184 Å². The van der Waals surface area contributed by atoms with E-state index in [4.69, 9.17) is 10.5 Å². The summed E-state index contributed by atoms with van der Waals surface area (Å²) < 4.78 is 6.92. The zero-order valence-electron chi connectivity index (χ0n) is 38.9. The second-order valence-electron chi connectivity index (χ2n) is 20.4. The second-order valence-corrected chi connectivity index (χ2v) is 22.9. The maximum atomic E-state index is 12.4. The molecule has 13 atom stereocenters. The number of rotatable bonds is 8. The molecule has 0 bridgehead atoms. The highest BCUT2D eigenvalue weighted by atomic mass is 33.1. The number of aromatic amines is 1. The molecule has 1 saturated carbocycles. The molecule has 2 aliphatic heterocycles. The third kappa shape index (κ3) is 10.3. The number of phenols is 1. The predicted octanol–water partition coefficient (Wildman–Crippen LogP) is 7.87. The molecule has 2 aromatic carbocycles. The van der Waals surface area contributed by atoms with Crippen LogP contribution < -0.4 is 15.8 Å². The second kappa shape index (κ2) is 21.5. The fraction of sp³-hybridized carbons (Fsp3) is 0.564. The van der Waals surface area contributed by atoms with Crippen LogP contribution in [-0.4, -0.2) is 91.3 Å². The van der Waals surface area contributed by atoms with Crippen LogP contribution >= 0.6 is 21.6 Å². The van der Waals surface area contributed by atoms with Crippen LogP contribution in [0, 0.1) is 52.8 Å². The van der Waals surface area contributed by atoms with Gasteiger partial charge in [0.25, 0.3) is 0 Å². The van der Waals surface area contributed by atoms with Gasteiger partial charge in [-0.2, -0.15) is 0 Å². The van der Waals surface area contributed by atoms with E-state index in [-0.39, 0.29) is 59.7 Å². The summed E-state index contributed by atoms with van der Waals surface area (Å²) >= 11 is 0. The normalized spacial score (nSPS) is 34.8. The fourth-order valence-electron chi connectivity index (χ4n) is 12.8. The number of aromatic nitrogens is 1. The molecule has 3 aromatic rings. The molecule has 1 saturated heterocycles. The Balaban J connectivity index is 1.08. The number of aliphatic hydroxyl groups excluding tert-OH is 5. The van der Waals surface area contributed by atoms with Crippen LogP contribution in [0.15, 0.2) is 95.5 Å². The number of nitrogens with two attached hydrogens (primary N) is 1. The number of hydrogen-bond donors (Lipinski definition) is 9. The fourth-order valence-corrected chi connectivity index (χ4v) is 15.3. The quantitative estimate of drug-likeness (QED) is 0.0609. The van der Waals surface area contributed by atoms with Gasteiger partial charge < -0.3 is 51.4 Å². The molecular formula is C55H71N3O7S2. The van der Waals surface area contributed by atoms with E-state index >= 15 is 0 Å². The smallest absolute Gasteiger partial charge is 0.161 e. The lowest BCUT2D eigenvalue weighted by atomic mass is 9.59. The van der Waals surface area contributed by atoms with E-state index in [2.05, 4.69) is 77.6 Å². The Hall–Kier alpha value is -3.80. The maximum Gasteiger partial charge on any atom is 0.161 e. The number of aliphatic hydroxyl groups is 5. The Morgan fingerprint density at radius 1 is 0.940 bits per heavy atom. The molecule has 10 nitrogen and oxygen atoms in total. The molecule has 12 heteroatoms. The Morgan fingerprint density at radius 2 is 1.79 bits per heavy atom. The predicted molar refractivity (Wildman–Crippen MR) is 268 cm³/mol. The molecule has 67 heavy (non-hydrogen) atoms. The van der Waals surface area contributed by atoms with E-state index in [0.717, 1.165) is 72.9 Å². The summed E-state index contributed by atoms with van der Waals surface area (Å²) in [6.07, 6.45) is 12.0. The first kappa shape index (κ1) is 48.2. The molecule has 0 amide bonds. The number of ether oxygens (including phenoxy) is 1. The number of fused-ring (bicyclic) bond motifs is 5. The van der Waals surface area contributed by atoms with Crippen molar-refractivity contribution in [1.82, 2.24) is 10.3 Å². The SMILES string of the molecule is CCC1Cc2cc(O)c(OC3CC(Cc4ccc[nH]4)C4=CCNC(N)=C4CSSCC(CO)C3O)cc2C2CC(O)C3C(C#CC4(CCCCC3O)CC(c3ccccc3)CCC4CO)C=C12. The first-order valence-electron chi connectivity index (χ1n) is 25.0. The van der Waals surface area contributed by atoms with Crippen molar-refractivity contribution in [2.45, 2.75) is 120 Å². The van der Waals surface area contributed by atoms with Crippen LogP contribution in [0.1, 0.15) is 105 Å². The van der Waals surface area contributed by atoms with Crippen molar-refractivity contribution >= 4 is 21.6 Å². The maximum absolute atomic E-state index is 12.4. The van der Waals surface area contributed by atoms with Gasteiger partial charge in [-0.3, -0.25) is 0 Å². The van der Waals surface area contributed by atoms with Gasteiger partial charge in [-0.15, -0.1) is 0 Å². The molecule has 10 N–H and O–H groups in total. The minimum atomic E-state index is -1.05. The highest BCUT2D eigenvalue weighted by molar-refractivity contribution is 8.76. The summed E-state index contributed by atoms with van der Waals surface area (Å²) in [7, 11) is 3.26. The van der Waals surface area contributed by atoms with E-state index in [0.29, 0.717) is 61.9 Å². The van der Waals surface area contributed by atoms with Gasteiger partial charge in [0.2, 0.25) is 0 Å². The van der Waals surface area contributed by atoms with E-state index < -0.39 is 36.3 Å². The number of H-pyrrole nitrogens is 1. The van der Waals surface area contributed by atoms with E-state index in [1.54, 1.807) is 21.6 Å². The Labute approximate surface area is 404 Å². The van der Waals surface area contributed by atoms with Crippen LogP contribution in [-0.2, 0) is 12.8 Å². The summed E-state index contributed by atoms with van der Waals surface area (Å²) in [5, 5.41) is 73.3. The third-order valence-corrected chi connectivity index (χ3v) is 18.9. The van der Waals surface area contributed by atoms with Crippen LogP contribution in [0.25, 0.3) is 0 Å². The third-order valence-electron chi connectivity index (χ3n) is 16.5. The average molecular weight is 950 g/mol. The van der Waals surface area contributed by atoms with Gasteiger partial charge in [0, 0.05) is 77.8 Å². The monoisotopic (exact) mass is 949 g/mol. The Bertz CT molecular complexity index is 2330. The lowest BCUT2D eigenvalue weighted by Gasteiger charge is -2.44. The molecule has 3 heterocycles. The summed E-state index contributed by atoms with van der Waals surface area (Å²) in [6.45, 7) is 2.65. The molecule has 6 aliphatic rings. The molecule has 1 spiro atoms. The van der Waals surface area contributed by atoms with E-state index in [1.807, 2.05) is 24.4 Å². The van der Waals surface area contributed by atoms with Crippen molar-refractivity contribution in [2.24, 2.45) is 46.7 Å². The largest absolute Gasteiger partial charge is 0.504 e. The van der Waals surface area contributed by atoms with Gasteiger partial charge in [0.15, 0.2) is 11.5 Å². The molecule has 2 fully saturated rings. The lowest BCUT2D eigenvalue weighted by molar-refractivity contribution is -0.0214. The molecule has 1 aromatic heterocycles. The first-order valence-corrected chi connectivity index (χ1v) is 27.5. The number of allylic oxidation sites excluding steroid dienone is 3. The van der Waals surface area contributed by atoms with E-state index in [1.165, 1.54) is 11.1 Å². The van der Waals surface area contributed by atoms with Gasteiger partial charge >= 0.3 is 0 Å². The highest BCUT2D eigenvalue weighted by Gasteiger charge is 2.46. The van der Waals surface area contributed by atoms with Crippen molar-refractivity contribution in [3.8, 4) is 23.3 Å². The van der Waals surface area contributed by atoms with Gasteiger partial charge in [0.1, 0.15) is 11.9 Å². The Kier molecular flexibility index (Phi) is 15.4. The molecule has 4 aliphatic carbocycles. The molecular weight excluding hydrogens is 879 g/mol. The number of dihydropyridines is 1. The minimum Gasteiger partial charge on any atom is -0.504 e. The number of hydrogen-bond acceptors (Lipinski definition) is 11. The number of phenolic OH excluding ortho intramolecular Hbond substituents is 1. The highest BCUT2D eigenvalue weighted by Crippen LogP contribution is 2.53. The number of benzene rings is 2. The average Bonchev–Trinajstić information content (AvgIpc) is 3.79. The van der Waals surface area contributed by atoms with E-state index in [9.17, 15) is 30.6 Å². The zero-order valence-corrected chi connectivity index (χ0v) is 40.5. The molecule has 9 rings (SSSR count). The summed E-state index contributed by atoms with van der Waals surface area (Å²) in [4.78, 5) is 3.37. The van der Waals surface area contributed by atoms with Crippen LogP contribution in [0.4, 0.5) is 0 Å². The van der Waals surface area contributed by atoms with Crippen LogP contribution in [0.2, 0.25) is 0 Å². The molecule has 13 unspecified atom stereocenters. The van der Waals surface area contributed by atoms with Gasteiger partial charge in [-0.05, 0) is 134 Å². The van der Waals surface area contributed by atoms with Crippen molar-refractivity contribution in [3.05, 3.63) is 118 Å². The van der Waals surface area contributed by atoms with Crippen molar-refractivity contribution in [2.75, 3.05) is 31.3 Å². The van der Waals surface area contributed by atoms with Crippen molar-refractivity contribution in [3.63, 3.8) is 0 Å². The van der Waals surface area contributed by atoms with Crippen molar-refractivity contribution in [1.29, 1.82) is 0 Å². The number of nitrogens with one attached hydrogen (secondary N) is 2. The van der Waals surface area contributed by atoms with Gasteiger partial charge in [-0.1, -0.05) is 101 Å². The number of aromatic hydroxyl groups is 1. The van der Waals surface area contributed by atoms with Gasteiger partial charge in [-0.25, -0.2) is 0 Å². The Morgan fingerprint density at radius 3 is 2.57 bits per heavy atom. The lowest BCUT2D eigenvalue weighted by Crippen LogP contribution is -2.42. The minimum absolute atomic E-state index is 0.00511. The zero-order chi connectivity index (χ0) is 46.7. The van der Waals surface area contributed by atoms with Crippen molar-refractivity contribution < 1.29 is 35.4 Å². The molecule has 360 valence electrons. The van der Waals surface area contributed by atoms with Crippen LogP contribution in [0.3, 0.4) is 0 Å². The van der Waals surface area contributed by atoms with Gasteiger partial charge in [0.05, 0.1) is 18.3 Å². The first-order chi connectivity index (χ1) is 32.6. The van der Waals surface area contributed by atoms with Crippen LogP contribution in [0.5, 0.6) is 11.5 Å². The summed E-state index contributed by atoms with van der Waals surface area (Å²) in [5.41, 5.74) is 14.0. The summed E-state index contributed by atoms with van der Waals surface area (Å²) in [6, 6.07) is 18.5. The summed E-state index contributed by atoms with van der Waals surface area (Å²) in [5.74, 6) is 8.59. The standard InChI is InChI=1S/C55H71N3O7S2/c1-2-33-21-37-24-48(62)50(65-51-25-38(22-41-11-8-19-57-41)42-16-20-58-54(56)46(42)32-67-66-31-39(29-59)53(51)64)27-44(37)45-26-49(63)52-35(23-43(33)45)15-18-55(17-7-6-12-47(52)61)28-36(13-14-40(55)30-60)34-9-4-3-5-10-34/h3-5,8-11,16,19,23-24,27,33,35-36,38-40,45,47,49,51-53,57-64H,2,6-7,12-14,17,20-22,25-26,28-32,56H2,1H3. The molecule has 0 radical (unpaired) electrons.